The van der Waals surface area contributed by atoms with E-state index in [0.717, 1.165) is 18.5 Å². The van der Waals surface area contributed by atoms with Crippen LogP contribution in [0.25, 0.3) is 0 Å². The Hall–Kier alpha value is -0.380. The molecule has 1 atom stereocenters. The number of nitrogens with zero attached hydrogens (tertiary/aromatic N) is 1. The lowest BCUT2D eigenvalue weighted by Gasteiger charge is -2.33. The van der Waals surface area contributed by atoms with Crippen molar-refractivity contribution in [3.63, 3.8) is 0 Å². The zero-order valence-electron chi connectivity index (χ0n) is 11.4. The Morgan fingerprint density at radius 1 is 1.26 bits per heavy atom. The first-order chi connectivity index (χ1) is 9.29. The third-order valence-corrected chi connectivity index (χ3v) is 4.66. The predicted molar refractivity (Wildman–Crippen MR) is 83.2 cm³/mol. The number of benzene rings is 1. The van der Waals surface area contributed by atoms with Gasteiger partial charge in [0.25, 0.3) is 0 Å². The molecule has 3 rings (SSSR count). The topological polar surface area (TPSA) is 15.3 Å². The van der Waals surface area contributed by atoms with Gasteiger partial charge in [-0.1, -0.05) is 28.1 Å². The normalized spacial score (nSPS) is 24.6. The van der Waals surface area contributed by atoms with Crippen LogP contribution in [-0.2, 0) is 6.54 Å². The number of rotatable bonds is 5. The minimum atomic E-state index is 0.848. The maximum absolute atomic E-state index is 3.69. The van der Waals surface area contributed by atoms with Gasteiger partial charge in [0.05, 0.1) is 0 Å². The van der Waals surface area contributed by atoms with Gasteiger partial charge in [-0.2, -0.15) is 0 Å². The first-order valence-corrected chi connectivity index (χ1v) is 8.29. The highest BCUT2D eigenvalue weighted by Gasteiger charge is 2.24. The van der Waals surface area contributed by atoms with Crippen LogP contribution in [0.15, 0.2) is 28.7 Å². The molecule has 19 heavy (non-hydrogen) atoms. The summed E-state index contributed by atoms with van der Waals surface area (Å²) >= 11 is 3.56. The summed E-state index contributed by atoms with van der Waals surface area (Å²) in [4.78, 5) is 2.62. The van der Waals surface area contributed by atoms with Crippen molar-refractivity contribution in [3.05, 3.63) is 34.3 Å². The van der Waals surface area contributed by atoms with E-state index < -0.39 is 0 Å². The zero-order chi connectivity index (χ0) is 13.1. The Balaban J connectivity index is 1.49. The van der Waals surface area contributed by atoms with Crippen molar-refractivity contribution in [2.24, 2.45) is 5.92 Å². The van der Waals surface area contributed by atoms with Gasteiger partial charge in [0.1, 0.15) is 0 Å². The fourth-order valence-corrected chi connectivity index (χ4v) is 3.42. The van der Waals surface area contributed by atoms with Gasteiger partial charge in [0.15, 0.2) is 0 Å². The van der Waals surface area contributed by atoms with Gasteiger partial charge in [0, 0.05) is 23.6 Å². The van der Waals surface area contributed by atoms with Gasteiger partial charge < -0.3 is 5.32 Å². The van der Waals surface area contributed by atoms with E-state index in [9.17, 15) is 0 Å². The van der Waals surface area contributed by atoms with Crippen molar-refractivity contribution < 1.29 is 0 Å². The molecule has 1 aromatic carbocycles. The van der Waals surface area contributed by atoms with Crippen LogP contribution in [0.1, 0.15) is 31.2 Å². The fourth-order valence-electron chi connectivity index (χ4n) is 2.98. The zero-order valence-corrected chi connectivity index (χ0v) is 13.0. The van der Waals surface area contributed by atoms with Crippen LogP contribution in [0.2, 0.25) is 0 Å². The summed E-state index contributed by atoms with van der Waals surface area (Å²) in [5, 5.41) is 3.69. The van der Waals surface area contributed by atoms with Crippen molar-refractivity contribution in [1.82, 2.24) is 10.2 Å². The molecular weight excluding hydrogens is 300 g/mol. The molecule has 1 N–H and O–H groups in total. The highest BCUT2D eigenvalue weighted by molar-refractivity contribution is 9.10. The highest BCUT2D eigenvalue weighted by atomic mass is 79.9. The van der Waals surface area contributed by atoms with Crippen molar-refractivity contribution in [3.8, 4) is 0 Å². The Morgan fingerprint density at radius 3 is 2.95 bits per heavy atom. The van der Waals surface area contributed by atoms with E-state index in [0.29, 0.717) is 0 Å². The maximum Gasteiger partial charge on any atom is 0.0234 e. The van der Waals surface area contributed by atoms with Crippen LogP contribution in [0, 0.1) is 5.92 Å². The Labute approximate surface area is 124 Å². The Kier molecular flexibility index (Phi) is 4.57. The van der Waals surface area contributed by atoms with Crippen LogP contribution in [-0.4, -0.2) is 30.6 Å². The van der Waals surface area contributed by atoms with Gasteiger partial charge in [-0.05, 0) is 62.4 Å². The smallest absolute Gasteiger partial charge is 0.0234 e. The van der Waals surface area contributed by atoms with E-state index in [-0.39, 0.29) is 0 Å². The molecule has 3 heteroatoms. The van der Waals surface area contributed by atoms with E-state index in [1.165, 1.54) is 55.4 Å². The highest BCUT2D eigenvalue weighted by Crippen LogP contribution is 2.22. The minimum absolute atomic E-state index is 0.848. The van der Waals surface area contributed by atoms with E-state index in [1.54, 1.807) is 0 Å². The number of hydrogen-bond acceptors (Lipinski definition) is 2. The average Bonchev–Trinajstić information content (AvgIpc) is 3.21. The quantitative estimate of drug-likeness (QED) is 0.893. The van der Waals surface area contributed by atoms with E-state index in [4.69, 9.17) is 0 Å². The maximum atomic E-state index is 3.69. The van der Waals surface area contributed by atoms with E-state index >= 15 is 0 Å². The second-order valence-electron chi connectivity index (χ2n) is 6.06. The third-order valence-electron chi connectivity index (χ3n) is 4.17. The summed E-state index contributed by atoms with van der Waals surface area (Å²) in [6.45, 7) is 4.83. The van der Waals surface area contributed by atoms with Crippen LogP contribution in [0.4, 0.5) is 0 Å². The fraction of sp³-hybridized carbons (Fsp3) is 0.625. The lowest BCUT2D eigenvalue weighted by Crippen LogP contribution is -2.39. The molecule has 2 fully saturated rings. The molecule has 0 bridgehead atoms. The summed E-state index contributed by atoms with van der Waals surface area (Å²) in [5.74, 6) is 0.849. The number of hydrogen-bond donors (Lipinski definition) is 1. The van der Waals surface area contributed by atoms with Gasteiger partial charge in [-0.3, -0.25) is 4.90 Å². The van der Waals surface area contributed by atoms with Gasteiger partial charge >= 0.3 is 0 Å². The largest absolute Gasteiger partial charge is 0.314 e. The molecule has 104 valence electrons. The molecule has 0 amide bonds. The summed E-state index contributed by atoms with van der Waals surface area (Å²) in [5.41, 5.74) is 1.42. The van der Waals surface area contributed by atoms with Crippen LogP contribution in [0.3, 0.4) is 0 Å². The number of nitrogens with one attached hydrogen (secondary N) is 1. The molecule has 0 radical (unpaired) electrons. The third kappa shape index (κ3) is 4.30. The van der Waals surface area contributed by atoms with E-state index in [1.807, 2.05) is 0 Å². The lowest BCUT2D eigenvalue weighted by atomic mass is 9.97. The van der Waals surface area contributed by atoms with Gasteiger partial charge in [0.2, 0.25) is 0 Å². The van der Waals surface area contributed by atoms with Gasteiger partial charge in [-0.15, -0.1) is 0 Å². The van der Waals surface area contributed by atoms with E-state index in [2.05, 4.69) is 50.4 Å². The molecule has 1 unspecified atom stereocenters. The molecule has 1 aromatic rings. The molecular formula is C16H23BrN2. The summed E-state index contributed by atoms with van der Waals surface area (Å²) in [6.07, 6.45) is 5.54. The summed E-state index contributed by atoms with van der Waals surface area (Å²) < 4.78 is 1.19. The minimum Gasteiger partial charge on any atom is -0.314 e. The molecule has 0 aromatic heterocycles. The van der Waals surface area contributed by atoms with Crippen molar-refractivity contribution >= 4 is 15.9 Å². The molecule has 1 saturated heterocycles. The molecule has 2 nitrogen and oxygen atoms in total. The summed E-state index contributed by atoms with van der Waals surface area (Å²) in [6, 6.07) is 9.56. The summed E-state index contributed by atoms with van der Waals surface area (Å²) in [7, 11) is 0. The second kappa shape index (κ2) is 6.38. The Morgan fingerprint density at radius 2 is 2.16 bits per heavy atom. The predicted octanol–water partition coefficient (Wildman–Crippen LogP) is 3.41. The van der Waals surface area contributed by atoms with Crippen molar-refractivity contribution in [1.29, 1.82) is 0 Å². The lowest BCUT2D eigenvalue weighted by molar-refractivity contribution is 0.165. The SMILES string of the molecule is Brc1cccc(CN2CCCC(CNC3CC3)C2)c1. The number of piperidine rings is 1. The average molecular weight is 323 g/mol. The first kappa shape index (κ1) is 13.6. The molecule has 1 heterocycles. The number of likely N-dealkylation sites (tertiary alicyclic amines) is 1. The first-order valence-electron chi connectivity index (χ1n) is 7.50. The monoisotopic (exact) mass is 322 g/mol. The van der Waals surface area contributed by atoms with Crippen LogP contribution < -0.4 is 5.32 Å². The van der Waals surface area contributed by atoms with Crippen molar-refractivity contribution in [2.75, 3.05) is 19.6 Å². The van der Waals surface area contributed by atoms with Crippen molar-refractivity contribution in [2.45, 2.75) is 38.3 Å². The molecule has 1 aliphatic carbocycles. The van der Waals surface area contributed by atoms with Crippen LogP contribution >= 0.6 is 15.9 Å². The Bertz CT molecular complexity index is 417. The molecule has 1 saturated carbocycles. The second-order valence-corrected chi connectivity index (χ2v) is 6.97. The van der Waals surface area contributed by atoms with Crippen LogP contribution in [0.5, 0.6) is 0 Å². The molecule has 1 aliphatic heterocycles. The molecule has 2 aliphatic rings. The molecule has 0 spiro atoms. The standard InChI is InChI=1S/C16H23BrN2/c17-15-5-1-3-13(9-15)11-19-8-2-4-14(12-19)10-18-16-6-7-16/h1,3,5,9,14,16,18H,2,4,6-8,10-12H2. The number of halogens is 1. The van der Waals surface area contributed by atoms with Gasteiger partial charge in [-0.25, -0.2) is 0 Å².